The fraction of sp³-hybridized carbons (Fsp3) is 0.522. The highest BCUT2D eigenvalue weighted by Crippen LogP contribution is 2.34. The molecule has 1 unspecified atom stereocenters. The molecule has 5 nitrogen and oxygen atoms in total. The van der Waals surface area contributed by atoms with E-state index in [-0.39, 0.29) is 30.2 Å². The molecule has 1 aromatic carbocycles. The summed E-state index contributed by atoms with van der Waals surface area (Å²) in [5.41, 5.74) is 3.12. The van der Waals surface area contributed by atoms with Crippen LogP contribution < -0.4 is 5.32 Å². The van der Waals surface area contributed by atoms with Crippen molar-refractivity contribution in [2.24, 2.45) is 5.92 Å². The maximum atomic E-state index is 13.2. The number of aryl methyl sites for hydroxylation is 1. The molecule has 1 aliphatic heterocycles. The Morgan fingerprint density at radius 2 is 1.73 bits per heavy atom. The van der Waals surface area contributed by atoms with Crippen molar-refractivity contribution in [1.82, 2.24) is 4.31 Å². The first-order valence-electron chi connectivity index (χ1n) is 10.6. The van der Waals surface area contributed by atoms with Crippen LogP contribution >= 0.6 is 11.3 Å². The first kappa shape index (κ1) is 23.0. The minimum absolute atomic E-state index is 0.0905. The van der Waals surface area contributed by atoms with Crippen LogP contribution in [0.15, 0.2) is 34.5 Å². The predicted octanol–water partition coefficient (Wildman–Crippen LogP) is 5.34. The molecule has 0 bridgehead atoms. The lowest BCUT2D eigenvalue weighted by atomic mass is 9.91. The van der Waals surface area contributed by atoms with Crippen molar-refractivity contribution >= 4 is 33.0 Å². The summed E-state index contributed by atoms with van der Waals surface area (Å²) in [5.74, 6) is 0.121. The topological polar surface area (TPSA) is 66.5 Å². The van der Waals surface area contributed by atoms with Crippen LogP contribution in [-0.4, -0.2) is 31.7 Å². The molecule has 1 aromatic heterocycles. The van der Waals surface area contributed by atoms with Gasteiger partial charge in [0.2, 0.25) is 5.91 Å². The largest absolute Gasteiger partial charge is 0.325 e. The molecule has 1 amide bonds. The number of nitrogens with one attached hydrogen (secondary N) is 1. The Bertz CT molecular complexity index is 983. The van der Waals surface area contributed by atoms with Crippen LogP contribution in [0, 0.1) is 12.8 Å². The predicted molar refractivity (Wildman–Crippen MR) is 124 cm³/mol. The summed E-state index contributed by atoms with van der Waals surface area (Å²) < 4.78 is 27.9. The van der Waals surface area contributed by atoms with Gasteiger partial charge in [0, 0.05) is 23.7 Å². The van der Waals surface area contributed by atoms with Crippen LogP contribution in [-0.2, 0) is 14.8 Å². The van der Waals surface area contributed by atoms with Gasteiger partial charge >= 0.3 is 0 Å². The van der Waals surface area contributed by atoms with Gasteiger partial charge in [-0.1, -0.05) is 45.9 Å². The smallest absolute Gasteiger partial charge is 0.252 e. The molecule has 3 rings (SSSR count). The van der Waals surface area contributed by atoms with Crippen molar-refractivity contribution in [3.05, 3.63) is 46.3 Å². The molecule has 0 aliphatic carbocycles. The van der Waals surface area contributed by atoms with E-state index in [2.05, 4.69) is 45.1 Å². The number of carbonyl (C=O) groups is 1. The molecule has 1 atom stereocenters. The maximum Gasteiger partial charge on any atom is 0.252 e. The van der Waals surface area contributed by atoms with E-state index in [1.807, 2.05) is 19.1 Å². The Morgan fingerprint density at radius 3 is 2.27 bits per heavy atom. The first-order chi connectivity index (χ1) is 14.1. The summed E-state index contributed by atoms with van der Waals surface area (Å²) in [6.07, 6.45) is 1.38. The van der Waals surface area contributed by atoms with Gasteiger partial charge < -0.3 is 5.32 Å². The number of anilines is 1. The first-order valence-corrected chi connectivity index (χ1v) is 12.9. The van der Waals surface area contributed by atoms with Gasteiger partial charge in [0.1, 0.15) is 4.21 Å². The van der Waals surface area contributed by atoms with Crippen molar-refractivity contribution in [3.63, 3.8) is 0 Å². The standard InChI is InChI=1S/C23H32N2O3S2/c1-15(2)19-9-6-10-20(16(3)4)22(19)24-23(26)18-8-7-13-25(14-18)30(27,28)21-12-11-17(5)29-21/h6,9-12,15-16,18H,7-8,13-14H2,1-5H3,(H,24,26). The highest BCUT2D eigenvalue weighted by Gasteiger charge is 2.34. The van der Waals surface area contributed by atoms with Gasteiger partial charge in [0.25, 0.3) is 10.0 Å². The lowest BCUT2D eigenvalue weighted by molar-refractivity contribution is -0.120. The van der Waals surface area contributed by atoms with Crippen molar-refractivity contribution in [1.29, 1.82) is 0 Å². The molecule has 0 spiro atoms. The normalized spacial score (nSPS) is 18.2. The summed E-state index contributed by atoms with van der Waals surface area (Å²) in [6.45, 7) is 11.1. The molecule has 30 heavy (non-hydrogen) atoms. The molecular formula is C23H32N2O3S2. The Balaban J connectivity index is 1.82. The van der Waals surface area contributed by atoms with Crippen LogP contribution in [0.3, 0.4) is 0 Å². The molecule has 7 heteroatoms. The van der Waals surface area contributed by atoms with Crippen LogP contribution in [0.2, 0.25) is 0 Å². The van der Waals surface area contributed by atoms with Crippen molar-refractivity contribution in [2.75, 3.05) is 18.4 Å². The number of para-hydroxylation sites is 1. The molecule has 1 fully saturated rings. The Kier molecular flexibility index (Phi) is 7.05. The number of amides is 1. The number of sulfonamides is 1. The fourth-order valence-corrected chi connectivity index (χ4v) is 6.93. The van der Waals surface area contributed by atoms with E-state index < -0.39 is 10.0 Å². The van der Waals surface area contributed by atoms with Crippen LogP contribution in [0.4, 0.5) is 5.69 Å². The second-order valence-corrected chi connectivity index (χ2v) is 12.1. The summed E-state index contributed by atoms with van der Waals surface area (Å²) in [7, 11) is -3.55. The molecule has 1 saturated heterocycles. The number of nitrogens with zero attached hydrogens (tertiary/aromatic N) is 1. The number of rotatable bonds is 6. The molecule has 1 N–H and O–H groups in total. The second-order valence-electron chi connectivity index (χ2n) is 8.68. The molecule has 164 valence electrons. The Labute approximate surface area is 184 Å². The van der Waals surface area contributed by atoms with E-state index in [0.29, 0.717) is 23.6 Å². The third kappa shape index (κ3) is 4.79. The minimum Gasteiger partial charge on any atom is -0.325 e. The van der Waals surface area contributed by atoms with Gasteiger partial charge in [0.05, 0.1) is 5.92 Å². The van der Waals surface area contributed by atoms with Gasteiger partial charge in [-0.05, 0) is 54.9 Å². The van der Waals surface area contributed by atoms with E-state index >= 15 is 0 Å². The Hall–Kier alpha value is -1.70. The summed E-state index contributed by atoms with van der Waals surface area (Å²) in [4.78, 5) is 14.2. The van der Waals surface area contributed by atoms with Crippen molar-refractivity contribution < 1.29 is 13.2 Å². The van der Waals surface area contributed by atoms with E-state index in [1.54, 1.807) is 6.07 Å². The summed E-state index contributed by atoms with van der Waals surface area (Å²) >= 11 is 1.28. The fourth-order valence-electron chi connectivity index (χ4n) is 3.97. The van der Waals surface area contributed by atoms with Crippen LogP contribution in [0.1, 0.15) is 68.4 Å². The van der Waals surface area contributed by atoms with Gasteiger partial charge in [-0.2, -0.15) is 4.31 Å². The number of hydrogen-bond acceptors (Lipinski definition) is 4. The number of benzene rings is 1. The molecular weight excluding hydrogens is 416 g/mol. The van der Waals surface area contributed by atoms with E-state index in [0.717, 1.165) is 21.7 Å². The van der Waals surface area contributed by atoms with Crippen LogP contribution in [0.25, 0.3) is 0 Å². The Morgan fingerprint density at radius 1 is 1.10 bits per heavy atom. The number of carbonyl (C=O) groups excluding carboxylic acids is 1. The van der Waals surface area contributed by atoms with Crippen LogP contribution in [0.5, 0.6) is 0 Å². The zero-order valence-corrected chi connectivity index (χ0v) is 20.1. The van der Waals surface area contributed by atoms with Crippen molar-refractivity contribution in [3.8, 4) is 0 Å². The quantitative estimate of drug-likeness (QED) is 0.648. The zero-order valence-electron chi connectivity index (χ0n) is 18.4. The monoisotopic (exact) mass is 448 g/mol. The molecule has 0 radical (unpaired) electrons. The highest BCUT2D eigenvalue weighted by molar-refractivity contribution is 7.91. The van der Waals surface area contributed by atoms with E-state index in [4.69, 9.17) is 0 Å². The third-order valence-electron chi connectivity index (χ3n) is 5.69. The average Bonchev–Trinajstić information content (AvgIpc) is 3.15. The van der Waals surface area contributed by atoms with Gasteiger partial charge in [0.15, 0.2) is 0 Å². The van der Waals surface area contributed by atoms with E-state index in [1.165, 1.54) is 15.6 Å². The average molecular weight is 449 g/mol. The maximum absolute atomic E-state index is 13.2. The second kappa shape index (κ2) is 9.20. The van der Waals surface area contributed by atoms with Gasteiger partial charge in [-0.25, -0.2) is 8.42 Å². The SMILES string of the molecule is Cc1ccc(S(=O)(=O)N2CCCC(C(=O)Nc3c(C(C)C)cccc3C(C)C)C2)s1. The number of hydrogen-bond donors (Lipinski definition) is 1. The summed E-state index contributed by atoms with van der Waals surface area (Å²) in [6, 6.07) is 9.64. The lowest BCUT2D eigenvalue weighted by Gasteiger charge is -2.31. The summed E-state index contributed by atoms with van der Waals surface area (Å²) in [5, 5.41) is 3.17. The number of piperidine rings is 1. The molecule has 2 aromatic rings. The highest BCUT2D eigenvalue weighted by atomic mass is 32.2. The molecule has 1 aliphatic rings. The van der Waals surface area contributed by atoms with Gasteiger partial charge in [-0.3, -0.25) is 4.79 Å². The molecule has 0 saturated carbocycles. The van der Waals surface area contributed by atoms with E-state index in [9.17, 15) is 13.2 Å². The lowest BCUT2D eigenvalue weighted by Crippen LogP contribution is -2.43. The van der Waals surface area contributed by atoms with Gasteiger partial charge in [-0.15, -0.1) is 11.3 Å². The van der Waals surface area contributed by atoms with Crippen molar-refractivity contribution in [2.45, 2.75) is 63.5 Å². The molecule has 2 heterocycles. The minimum atomic E-state index is -3.55. The number of thiophene rings is 1. The third-order valence-corrected chi connectivity index (χ3v) is 9.02. The zero-order chi connectivity index (χ0) is 22.1.